The lowest BCUT2D eigenvalue weighted by Crippen LogP contribution is -2.46. The van der Waals surface area contributed by atoms with E-state index in [1.165, 1.54) is 0 Å². The average molecular weight is 227 g/mol. The monoisotopic (exact) mass is 227 g/mol. The average Bonchev–Trinajstić information content (AvgIpc) is 2.15. The number of carbonyl (C=O) groups excluding carboxylic acids is 2. The molecular weight excluding hydrogens is 206 g/mol. The summed E-state index contributed by atoms with van der Waals surface area (Å²) in [5, 5.41) is 2.66. The minimum atomic E-state index is -0.635. The zero-order chi connectivity index (χ0) is 12.8. The zero-order valence-electron chi connectivity index (χ0n) is 10.5. The topological polar surface area (TPSA) is 55.4 Å². The molecule has 4 heteroatoms. The van der Waals surface area contributed by atoms with Crippen molar-refractivity contribution in [1.29, 1.82) is 0 Å². The summed E-state index contributed by atoms with van der Waals surface area (Å²) in [7, 11) is 0. The van der Waals surface area contributed by atoms with Gasteiger partial charge < -0.3 is 10.1 Å². The number of amides is 1. The minimum Gasteiger partial charge on any atom is -0.464 e. The van der Waals surface area contributed by atoms with Gasteiger partial charge in [-0.05, 0) is 13.3 Å². The van der Waals surface area contributed by atoms with Crippen molar-refractivity contribution in [3.05, 3.63) is 12.7 Å². The molecular formula is C12H21NO3. The van der Waals surface area contributed by atoms with Crippen molar-refractivity contribution in [1.82, 2.24) is 5.32 Å². The summed E-state index contributed by atoms with van der Waals surface area (Å²) in [4.78, 5) is 23.2. The van der Waals surface area contributed by atoms with E-state index in [2.05, 4.69) is 11.9 Å². The van der Waals surface area contributed by atoms with Crippen LogP contribution in [0, 0.1) is 5.41 Å². The van der Waals surface area contributed by atoms with Crippen LogP contribution in [-0.2, 0) is 14.3 Å². The third-order valence-corrected chi connectivity index (χ3v) is 1.96. The Hall–Kier alpha value is -1.32. The molecule has 1 unspecified atom stereocenters. The summed E-state index contributed by atoms with van der Waals surface area (Å²) >= 11 is 0. The summed E-state index contributed by atoms with van der Waals surface area (Å²) in [5.74, 6) is -0.590. The highest BCUT2D eigenvalue weighted by atomic mass is 16.5. The van der Waals surface area contributed by atoms with Gasteiger partial charge in [0.25, 0.3) is 0 Å². The van der Waals surface area contributed by atoms with Gasteiger partial charge in [0.15, 0.2) is 0 Å². The van der Waals surface area contributed by atoms with Crippen LogP contribution in [0.25, 0.3) is 0 Å². The molecule has 0 bridgehead atoms. The zero-order valence-corrected chi connectivity index (χ0v) is 10.5. The first-order chi connectivity index (χ1) is 7.32. The quantitative estimate of drug-likeness (QED) is 0.574. The van der Waals surface area contributed by atoms with Crippen LogP contribution in [0.4, 0.5) is 0 Å². The molecule has 0 spiro atoms. The Morgan fingerprint density at radius 2 is 2.00 bits per heavy atom. The SMILES string of the molecule is C=CCC(NC(=O)C(C)(C)C)C(=O)OCC. The van der Waals surface area contributed by atoms with E-state index in [1.807, 2.05) is 0 Å². The van der Waals surface area contributed by atoms with Gasteiger partial charge in [-0.25, -0.2) is 4.79 Å². The lowest BCUT2D eigenvalue weighted by Gasteiger charge is -2.22. The van der Waals surface area contributed by atoms with Crippen molar-refractivity contribution < 1.29 is 14.3 Å². The molecule has 0 aliphatic carbocycles. The van der Waals surface area contributed by atoms with Gasteiger partial charge in [0, 0.05) is 5.41 Å². The predicted molar refractivity (Wildman–Crippen MR) is 62.8 cm³/mol. The first-order valence-corrected chi connectivity index (χ1v) is 5.41. The lowest BCUT2D eigenvalue weighted by molar-refractivity contribution is -0.148. The Morgan fingerprint density at radius 3 is 2.38 bits per heavy atom. The smallest absolute Gasteiger partial charge is 0.328 e. The number of esters is 1. The Kier molecular flexibility index (Phi) is 5.78. The van der Waals surface area contributed by atoms with Crippen molar-refractivity contribution >= 4 is 11.9 Å². The minimum absolute atomic E-state index is 0.174. The molecule has 0 saturated heterocycles. The van der Waals surface area contributed by atoms with Gasteiger partial charge in [-0.2, -0.15) is 0 Å². The van der Waals surface area contributed by atoms with Crippen molar-refractivity contribution in [2.45, 2.75) is 40.2 Å². The largest absolute Gasteiger partial charge is 0.464 e. The third-order valence-electron chi connectivity index (χ3n) is 1.96. The highest BCUT2D eigenvalue weighted by Crippen LogP contribution is 2.13. The molecule has 0 aromatic carbocycles. The summed E-state index contributed by atoms with van der Waals surface area (Å²) in [6, 6.07) is -0.635. The number of hydrogen-bond acceptors (Lipinski definition) is 3. The fourth-order valence-corrected chi connectivity index (χ4v) is 0.998. The van der Waals surface area contributed by atoms with E-state index in [0.29, 0.717) is 13.0 Å². The molecule has 0 aromatic rings. The van der Waals surface area contributed by atoms with Crippen LogP contribution in [0.15, 0.2) is 12.7 Å². The van der Waals surface area contributed by atoms with Gasteiger partial charge in [0.05, 0.1) is 6.61 Å². The molecule has 4 nitrogen and oxygen atoms in total. The van der Waals surface area contributed by atoms with Crippen LogP contribution in [0.3, 0.4) is 0 Å². The van der Waals surface area contributed by atoms with E-state index < -0.39 is 17.4 Å². The first-order valence-electron chi connectivity index (χ1n) is 5.41. The van der Waals surface area contributed by atoms with Gasteiger partial charge in [0.2, 0.25) is 5.91 Å². The molecule has 0 heterocycles. The second kappa shape index (κ2) is 6.30. The molecule has 0 saturated carbocycles. The van der Waals surface area contributed by atoms with E-state index in [-0.39, 0.29) is 5.91 Å². The van der Waals surface area contributed by atoms with Gasteiger partial charge >= 0.3 is 5.97 Å². The summed E-state index contributed by atoms with van der Waals surface area (Å²) in [6.45, 7) is 11.0. The van der Waals surface area contributed by atoms with E-state index in [1.54, 1.807) is 33.8 Å². The fourth-order valence-electron chi connectivity index (χ4n) is 0.998. The normalized spacial score (nSPS) is 12.8. The van der Waals surface area contributed by atoms with Gasteiger partial charge in [0.1, 0.15) is 6.04 Å². The first kappa shape index (κ1) is 14.7. The van der Waals surface area contributed by atoms with Crippen LogP contribution < -0.4 is 5.32 Å². The van der Waals surface area contributed by atoms with E-state index in [4.69, 9.17) is 4.74 Å². The maximum absolute atomic E-state index is 11.7. The Bertz CT molecular complexity index is 266. The molecule has 0 fully saturated rings. The second-order valence-corrected chi connectivity index (χ2v) is 4.55. The molecule has 0 radical (unpaired) electrons. The van der Waals surface area contributed by atoms with Crippen molar-refractivity contribution in [2.75, 3.05) is 6.61 Å². The van der Waals surface area contributed by atoms with Crippen LogP contribution in [0.2, 0.25) is 0 Å². The number of ether oxygens (including phenoxy) is 1. The van der Waals surface area contributed by atoms with Crippen molar-refractivity contribution in [3.8, 4) is 0 Å². The highest BCUT2D eigenvalue weighted by Gasteiger charge is 2.27. The van der Waals surface area contributed by atoms with Gasteiger partial charge in [-0.15, -0.1) is 6.58 Å². The molecule has 0 rings (SSSR count). The molecule has 1 N–H and O–H groups in total. The number of carbonyl (C=O) groups is 2. The Balaban J connectivity index is 4.50. The van der Waals surface area contributed by atoms with E-state index >= 15 is 0 Å². The van der Waals surface area contributed by atoms with Gasteiger partial charge in [-0.1, -0.05) is 26.8 Å². The Morgan fingerprint density at radius 1 is 1.44 bits per heavy atom. The summed E-state index contributed by atoms with van der Waals surface area (Å²) in [5.41, 5.74) is -0.522. The predicted octanol–water partition coefficient (Wildman–Crippen LogP) is 1.66. The molecule has 16 heavy (non-hydrogen) atoms. The lowest BCUT2D eigenvalue weighted by atomic mass is 9.95. The molecule has 92 valence electrons. The molecule has 0 aromatic heterocycles. The van der Waals surface area contributed by atoms with Crippen LogP contribution >= 0.6 is 0 Å². The van der Waals surface area contributed by atoms with Crippen molar-refractivity contribution in [2.24, 2.45) is 5.41 Å². The maximum atomic E-state index is 11.7. The second-order valence-electron chi connectivity index (χ2n) is 4.55. The molecule has 1 amide bonds. The fraction of sp³-hybridized carbons (Fsp3) is 0.667. The van der Waals surface area contributed by atoms with Gasteiger partial charge in [-0.3, -0.25) is 4.79 Å². The van der Waals surface area contributed by atoms with Crippen LogP contribution in [-0.4, -0.2) is 24.5 Å². The van der Waals surface area contributed by atoms with E-state index in [0.717, 1.165) is 0 Å². The van der Waals surface area contributed by atoms with Crippen LogP contribution in [0.5, 0.6) is 0 Å². The van der Waals surface area contributed by atoms with Crippen LogP contribution in [0.1, 0.15) is 34.1 Å². The Labute approximate surface area is 97.1 Å². The number of rotatable bonds is 5. The molecule has 0 aliphatic rings. The number of nitrogens with one attached hydrogen (secondary N) is 1. The molecule has 0 aliphatic heterocycles. The molecule has 1 atom stereocenters. The van der Waals surface area contributed by atoms with Crippen molar-refractivity contribution in [3.63, 3.8) is 0 Å². The summed E-state index contributed by atoms with van der Waals surface area (Å²) < 4.78 is 4.87. The maximum Gasteiger partial charge on any atom is 0.328 e. The third kappa shape index (κ3) is 4.96. The number of hydrogen-bond donors (Lipinski definition) is 1. The summed E-state index contributed by atoms with van der Waals surface area (Å²) in [6.07, 6.45) is 1.96. The van der Waals surface area contributed by atoms with E-state index in [9.17, 15) is 9.59 Å². The standard InChI is InChI=1S/C12H21NO3/c1-6-8-9(10(14)16-7-2)13-11(15)12(3,4)5/h6,9H,1,7-8H2,2-5H3,(H,13,15). The highest BCUT2D eigenvalue weighted by molar-refractivity contribution is 5.87.